The molecule has 0 unspecified atom stereocenters. The Morgan fingerprint density at radius 2 is 2.33 bits per heavy atom. The van der Waals surface area contributed by atoms with Crippen molar-refractivity contribution in [3.63, 3.8) is 0 Å². The molecule has 0 aromatic carbocycles. The van der Waals surface area contributed by atoms with Crippen molar-refractivity contribution in [2.75, 3.05) is 5.32 Å². The molecule has 1 heterocycles. The van der Waals surface area contributed by atoms with Gasteiger partial charge in [-0.3, -0.25) is 10.1 Å². The number of carbonyl (C=O) groups is 1. The molecule has 1 amide bonds. The number of rotatable bonds is 5. The summed E-state index contributed by atoms with van der Waals surface area (Å²) >= 11 is 7.02. The predicted octanol–water partition coefficient (Wildman–Crippen LogP) is 2.45. The SMILES string of the molecule is CCCCc1nnc(NC(=O)[C@H](C)Cl)s1. The maximum Gasteiger partial charge on any atom is 0.243 e. The fraction of sp³-hybridized carbons (Fsp3) is 0.667. The molecule has 4 nitrogen and oxygen atoms in total. The molecule has 1 rings (SSSR count). The highest BCUT2D eigenvalue weighted by Crippen LogP contribution is 2.17. The second-order valence-electron chi connectivity index (χ2n) is 3.21. The molecule has 84 valence electrons. The molecule has 1 N–H and O–H groups in total. The molecule has 0 aliphatic rings. The van der Waals surface area contributed by atoms with E-state index in [9.17, 15) is 4.79 Å². The highest BCUT2D eigenvalue weighted by atomic mass is 35.5. The maximum atomic E-state index is 11.2. The van der Waals surface area contributed by atoms with Crippen molar-refractivity contribution in [1.29, 1.82) is 0 Å². The Balaban J connectivity index is 2.49. The number of aryl methyl sites for hydroxylation is 1. The molecule has 0 spiro atoms. The summed E-state index contributed by atoms with van der Waals surface area (Å²) in [7, 11) is 0. The second-order valence-corrected chi connectivity index (χ2v) is 4.93. The Morgan fingerprint density at radius 1 is 1.60 bits per heavy atom. The van der Waals surface area contributed by atoms with E-state index in [-0.39, 0.29) is 5.91 Å². The van der Waals surface area contributed by atoms with Crippen molar-refractivity contribution >= 4 is 34.0 Å². The van der Waals surface area contributed by atoms with Crippen molar-refractivity contribution in [3.8, 4) is 0 Å². The molecular weight excluding hydrogens is 234 g/mol. The number of hydrogen-bond donors (Lipinski definition) is 1. The van der Waals surface area contributed by atoms with Crippen molar-refractivity contribution < 1.29 is 4.79 Å². The smallest absolute Gasteiger partial charge is 0.243 e. The van der Waals surface area contributed by atoms with E-state index < -0.39 is 5.38 Å². The van der Waals surface area contributed by atoms with Gasteiger partial charge >= 0.3 is 0 Å². The molecule has 1 atom stereocenters. The van der Waals surface area contributed by atoms with E-state index in [0.29, 0.717) is 5.13 Å². The summed E-state index contributed by atoms with van der Waals surface area (Å²) < 4.78 is 0. The average molecular weight is 248 g/mol. The van der Waals surface area contributed by atoms with Crippen LogP contribution < -0.4 is 5.32 Å². The van der Waals surface area contributed by atoms with Gasteiger partial charge < -0.3 is 0 Å². The fourth-order valence-corrected chi connectivity index (χ4v) is 1.78. The van der Waals surface area contributed by atoms with Crippen LogP contribution >= 0.6 is 22.9 Å². The number of nitrogens with zero attached hydrogens (tertiary/aromatic N) is 2. The Labute approximate surface area is 98.0 Å². The molecule has 0 saturated heterocycles. The number of carbonyl (C=O) groups excluding carboxylic acids is 1. The number of unbranched alkanes of at least 4 members (excludes halogenated alkanes) is 1. The lowest BCUT2D eigenvalue weighted by atomic mass is 10.3. The largest absolute Gasteiger partial charge is 0.299 e. The van der Waals surface area contributed by atoms with Gasteiger partial charge in [0.25, 0.3) is 0 Å². The highest BCUT2D eigenvalue weighted by molar-refractivity contribution is 7.15. The molecule has 0 saturated carbocycles. The van der Waals surface area contributed by atoms with E-state index in [1.807, 2.05) is 0 Å². The Morgan fingerprint density at radius 3 is 2.93 bits per heavy atom. The normalized spacial score (nSPS) is 12.5. The van der Waals surface area contributed by atoms with Crippen LogP contribution in [0.3, 0.4) is 0 Å². The summed E-state index contributed by atoms with van der Waals surface area (Å²) in [6, 6.07) is 0. The zero-order valence-electron chi connectivity index (χ0n) is 8.79. The minimum atomic E-state index is -0.548. The van der Waals surface area contributed by atoms with Crippen LogP contribution in [0, 0.1) is 0 Å². The number of anilines is 1. The molecule has 0 aliphatic carbocycles. The van der Waals surface area contributed by atoms with Gasteiger partial charge in [-0.1, -0.05) is 24.7 Å². The lowest BCUT2D eigenvalue weighted by molar-refractivity contribution is -0.115. The van der Waals surface area contributed by atoms with Crippen LogP contribution in [0.15, 0.2) is 0 Å². The quantitative estimate of drug-likeness (QED) is 0.814. The number of halogens is 1. The third kappa shape index (κ3) is 4.13. The summed E-state index contributed by atoms with van der Waals surface area (Å²) in [5.41, 5.74) is 0. The van der Waals surface area contributed by atoms with E-state index in [0.717, 1.165) is 24.3 Å². The van der Waals surface area contributed by atoms with Gasteiger partial charge in [-0.25, -0.2) is 0 Å². The van der Waals surface area contributed by atoms with E-state index in [4.69, 9.17) is 11.6 Å². The molecular formula is C9H14ClN3OS. The number of nitrogens with one attached hydrogen (secondary N) is 1. The van der Waals surface area contributed by atoms with Crippen molar-refractivity contribution in [3.05, 3.63) is 5.01 Å². The molecule has 0 bridgehead atoms. The summed E-state index contributed by atoms with van der Waals surface area (Å²) in [5, 5.41) is 11.4. The first-order valence-electron chi connectivity index (χ1n) is 4.90. The second kappa shape index (κ2) is 6.02. The lowest BCUT2D eigenvalue weighted by Crippen LogP contribution is -2.20. The van der Waals surface area contributed by atoms with Crippen LogP contribution in [0.25, 0.3) is 0 Å². The van der Waals surface area contributed by atoms with Gasteiger partial charge in [0, 0.05) is 6.42 Å². The Kier molecular flexibility index (Phi) is 4.98. The first-order chi connectivity index (χ1) is 7.13. The predicted molar refractivity (Wildman–Crippen MR) is 62.5 cm³/mol. The molecule has 1 aromatic heterocycles. The van der Waals surface area contributed by atoms with Crippen molar-refractivity contribution in [2.24, 2.45) is 0 Å². The minimum absolute atomic E-state index is 0.241. The van der Waals surface area contributed by atoms with Crippen LogP contribution in [-0.2, 0) is 11.2 Å². The molecule has 15 heavy (non-hydrogen) atoms. The number of alkyl halides is 1. The summed E-state index contributed by atoms with van der Waals surface area (Å²) in [6.45, 7) is 3.74. The molecule has 6 heteroatoms. The topological polar surface area (TPSA) is 54.9 Å². The molecule has 0 radical (unpaired) electrons. The zero-order chi connectivity index (χ0) is 11.3. The van der Waals surface area contributed by atoms with Crippen LogP contribution in [0.5, 0.6) is 0 Å². The van der Waals surface area contributed by atoms with Gasteiger partial charge in [-0.05, 0) is 13.3 Å². The zero-order valence-corrected chi connectivity index (χ0v) is 10.4. The molecule has 0 aliphatic heterocycles. The Bertz CT molecular complexity index is 327. The van der Waals surface area contributed by atoms with Crippen LogP contribution in [0.4, 0.5) is 5.13 Å². The maximum absolute atomic E-state index is 11.2. The van der Waals surface area contributed by atoms with Gasteiger partial charge in [-0.15, -0.1) is 21.8 Å². The standard InChI is InChI=1S/C9H14ClN3OS/c1-3-4-5-7-12-13-9(15-7)11-8(14)6(2)10/h6H,3-5H2,1-2H3,(H,11,13,14)/t6-/m0/s1. The van der Waals surface area contributed by atoms with Gasteiger partial charge in [0.15, 0.2) is 0 Å². The lowest BCUT2D eigenvalue weighted by Gasteiger charge is -2.00. The van der Waals surface area contributed by atoms with E-state index in [2.05, 4.69) is 22.4 Å². The summed E-state index contributed by atoms with van der Waals surface area (Å²) in [5.74, 6) is -0.241. The van der Waals surface area contributed by atoms with Gasteiger partial charge in [0.05, 0.1) is 0 Å². The third-order valence-corrected chi connectivity index (χ3v) is 2.90. The van der Waals surface area contributed by atoms with Gasteiger partial charge in [0.1, 0.15) is 10.4 Å². The summed E-state index contributed by atoms with van der Waals surface area (Å²) in [4.78, 5) is 11.2. The number of amides is 1. The van der Waals surface area contributed by atoms with E-state index in [1.165, 1.54) is 11.3 Å². The minimum Gasteiger partial charge on any atom is -0.299 e. The molecule has 1 aromatic rings. The average Bonchev–Trinajstić information content (AvgIpc) is 2.62. The van der Waals surface area contributed by atoms with Crippen molar-refractivity contribution in [1.82, 2.24) is 10.2 Å². The van der Waals surface area contributed by atoms with E-state index in [1.54, 1.807) is 6.92 Å². The number of hydrogen-bond acceptors (Lipinski definition) is 4. The van der Waals surface area contributed by atoms with Gasteiger partial charge in [-0.2, -0.15) is 0 Å². The van der Waals surface area contributed by atoms with Crippen LogP contribution in [0.1, 0.15) is 31.7 Å². The monoisotopic (exact) mass is 247 g/mol. The van der Waals surface area contributed by atoms with E-state index >= 15 is 0 Å². The summed E-state index contributed by atoms with van der Waals surface area (Å²) in [6.07, 6.45) is 3.13. The Hall–Kier alpha value is -0.680. The molecule has 0 fully saturated rings. The fourth-order valence-electron chi connectivity index (χ4n) is 0.938. The highest BCUT2D eigenvalue weighted by Gasteiger charge is 2.12. The first-order valence-corrected chi connectivity index (χ1v) is 6.16. The first kappa shape index (κ1) is 12.4. The van der Waals surface area contributed by atoms with Crippen LogP contribution in [0.2, 0.25) is 0 Å². The number of aromatic nitrogens is 2. The van der Waals surface area contributed by atoms with Crippen LogP contribution in [-0.4, -0.2) is 21.5 Å². The third-order valence-electron chi connectivity index (χ3n) is 1.80. The van der Waals surface area contributed by atoms with Gasteiger partial charge in [0.2, 0.25) is 11.0 Å². The van der Waals surface area contributed by atoms with Crippen molar-refractivity contribution in [2.45, 2.75) is 38.5 Å².